The minimum Gasteiger partial charge on any atom is -0.396 e. The van der Waals surface area contributed by atoms with E-state index in [0.29, 0.717) is 11.3 Å². The Morgan fingerprint density at radius 2 is 1.71 bits per heavy atom. The fraction of sp³-hybridized carbons (Fsp3) is 1.00. The second-order valence-corrected chi connectivity index (χ2v) is 7.53. The molecule has 0 aromatic carbocycles. The molecule has 0 aromatic heterocycles. The zero-order chi connectivity index (χ0) is 12.9. The van der Waals surface area contributed by atoms with Crippen molar-refractivity contribution in [3.05, 3.63) is 0 Å². The molecular formula is C15H28O2. The maximum Gasteiger partial charge on any atom is 0.0675 e. The van der Waals surface area contributed by atoms with Crippen LogP contribution < -0.4 is 0 Å². The van der Waals surface area contributed by atoms with E-state index in [1.165, 1.54) is 12.8 Å². The van der Waals surface area contributed by atoms with Gasteiger partial charge in [0.2, 0.25) is 0 Å². The largest absolute Gasteiger partial charge is 0.396 e. The molecule has 0 aliphatic heterocycles. The summed E-state index contributed by atoms with van der Waals surface area (Å²) in [5.41, 5.74) is -0.220. The van der Waals surface area contributed by atoms with Crippen molar-refractivity contribution in [3.63, 3.8) is 0 Å². The van der Waals surface area contributed by atoms with Crippen LogP contribution >= 0.6 is 0 Å². The summed E-state index contributed by atoms with van der Waals surface area (Å²) >= 11 is 0. The summed E-state index contributed by atoms with van der Waals surface area (Å²) in [6, 6.07) is 0. The molecule has 100 valence electrons. The molecule has 0 aromatic rings. The minimum atomic E-state index is -0.687. The molecule has 0 saturated heterocycles. The molecule has 0 radical (unpaired) electrons. The van der Waals surface area contributed by atoms with Crippen molar-refractivity contribution in [2.75, 3.05) is 6.61 Å². The summed E-state index contributed by atoms with van der Waals surface area (Å²) in [4.78, 5) is 0. The third-order valence-electron chi connectivity index (χ3n) is 5.94. The fourth-order valence-corrected chi connectivity index (χ4v) is 5.03. The highest BCUT2D eigenvalue weighted by atomic mass is 16.3. The van der Waals surface area contributed by atoms with Crippen molar-refractivity contribution in [2.24, 2.45) is 22.7 Å². The van der Waals surface area contributed by atoms with Crippen LogP contribution in [0.25, 0.3) is 0 Å². The van der Waals surface area contributed by atoms with E-state index in [4.69, 9.17) is 0 Å². The summed E-state index contributed by atoms with van der Waals surface area (Å²) in [7, 11) is 0. The zero-order valence-corrected chi connectivity index (χ0v) is 11.8. The summed E-state index contributed by atoms with van der Waals surface area (Å²) < 4.78 is 0. The lowest BCUT2D eigenvalue weighted by Gasteiger charge is -2.60. The van der Waals surface area contributed by atoms with Gasteiger partial charge in [-0.25, -0.2) is 0 Å². The molecule has 0 amide bonds. The Balaban J connectivity index is 2.37. The number of aliphatic hydroxyl groups is 2. The van der Waals surface area contributed by atoms with Gasteiger partial charge in [0.25, 0.3) is 0 Å². The fourth-order valence-electron chi connectivity index (χ4n) is 5.03. The van der Waals surface area contributed by atoms with Crippen LogP contribution in [-0.2, 0) is 0 Å². The van der Waals surface area contributed by atoms with E-state index in [9.17, 15) is 10.2 Å². The van der Waals surface area contributed by atoms with Gasteiger partial charge in [-0.15, -0.1) is 0 Å². The first-order chi connectivity index (χ1) is 7.74. The van der Waals surface area contributed by atoms with Gasteiger partial charge in [0, 0.05) is 12.5 Å². The van der Waals surface area contributed by atoms with E-state index in [-0.39, 0.29) is 17.9 Å². The first-order valence-corrected chi connectivity index (χ1v) is 7.07. The second kappa shape index (κ2) is 3.96. The third kappa shape index (κ3) is 1.94. The highest BCUT2D eigenvalue weighted by Crippen LogP contribution is 2.61. The molecule has 2 rings (SSSR count). The molecule has 17 heavy (non-hydrogen) atoms. The van der Waals surface area contributed by atoms with Gasteiger partial charge in [-0.3, -0.25) is 0 Å². The van der Waals surface area contributed by atoms with E-state index >= 15 is 0 Å². The molecule has 0 heterocycles. The molecule has 2 aliphatic carbocycles. The minimum absolute atomic E-state index is 0.0355. The Bertz CT molecular complexity index is 283. The first-order valence-electron chi connectivity index (χ1n) is 7.07. The van der Waals surface area contributed by atoms with Crippen LogP contribution in [0.15, 0.2) is 0 Å². The molecule has 2 aliphatic rings. The van der Waals surface area contributed by atoms with Crippen molar-refractivity contribution in [2.45, 2.75) is 65.4 Å². The molecule has 4 atom stereocenters. The Hall–Kier alpha value is -0.0800. The maximum absolute atomic E-state index is 10.5. The number of rotatable bonds is 1. The van der Waals surface area contributed by atoms with Crippen molar-refractivity contribution in [3.8, 4) is 0 Å². The summed E-state index contributed by atoms with van der Waals surface area (Å²) in [5.74, 6) is 0.675. The molecule has 2 saturated carbocycles. The smallest absolute Gasteiger partial charge is 0.0675 e. The van der Waals surface area contributed by atoms with Gasteiger partial charge >= 0.3 is 0 Å². The van der Waals surface area contributed by atoms with Gasteiger partial charge in [-0.1, -0.05) is 27.2 Å². The number of aliphatic hydroxyl groups excluding tert-OH is 1. The number of hydrogen-bond acceptors (Lipinski definition) is 2. The lowest BCUT2D eigenvalue weighted by Crippen LogP contribution is -2.58. The normalized spacial score (nSPS) is 49.8. The standard InChI is InChI=1S/C15H28O2/c1-13(2)7-5-8-14(3)11(13)6-9-15(4,17)12(14)10-16/h11-12,16-17H,5-10H2,1-4H3. The van der Waals surface area contributed by atoms with Crippen molar-refractivity contribution in [1.29, 1.82) is 0 Å². The predicted molar refractivity (Wildman–Crippen MR) is 69.7 cm³/mol. The van der Waals surface area contributed by atoms with Crippen LogP contribution in [0.1, 0.15) is 59.8 Å². The van der Waals surface area contributed by atoms with Crippen molar-refractivity contribution in [1.82, 2.24) is 0 Å². The van der Waals surface area contributed by atoms with E-state index in [0.717, 1.165) is 19.3 Å². The first kappa shape index (κ1) is 13.4. The quantitative estimate of drug-likeness (QED) is 0.740. The van der Waals surface area contributed by atoms with Crippen molar-refractivity contribution < 1.29 is 10.2 Å². The van der Waals surface area contributed by atoms with Crippen LogP contribution in [0.4, 0.5) is 0 Å². The molecule has 0 spiro atoms. The van der Waals surface area contributed by atoms with Gasteiger partial charge in [0.05, 0.1) is 5.60 Å². The summed E-state index contributed by atoms with van der Waals surface area (Å²) in [5, 5.41) is 20.3. The molecule has 4 unspecified atom stereocenters. The van der Waals surface area contributed by atoms with Crippen LogP contribution in [0, 0.1) is 22.7 Å². The summed E-state index contributed by atoms with van der Waals surface area (Å²) in [6.07, 6.45) is 5.61. The lowest BCUT2D eigenvalue weighted by molar-refractivity contribution is -0.178. The Kier molecular flexibility index (Phi) is 3.11. The van der Waals surface area contributed by atoms with E-state index in [1.54, 1.807) is 0 Å². The van der Waals surface area contributed by atoms with Gasteiger partial charge in [-0.05, 0) is 49.4 Å². The molecule has 2 fully saturated rings. The number of fused-ring (bicyclic) bond motifs is 1. The van der Waals surface area contributed by atoms with Gasteiger partial charge in [0.15, 0.2) is 0 Å². The third-order valence-corrected chi connectivity index (χ3v) is 5.94. The van der Waals surface area contributed by atoms with E-state index in [1.807, 2.05) is 6.92 Å². The molecule has 0 bridgehead atoms. The Labute approximate surface area is 105 Å². The zero-order valence-electron chi connectivity index (χ0n) is 11.8. The summed E-state index contributed by atoms with van der Waals surface area (Å²) in [6.45, 7) is 9.06. The van der Waals surface area contributed by atoms with Crippen LogP contribution in [0.2, 0.25) is 0 Å². The Morgan fingerprint density at radius 1 is 1.06 bits per heavy atom. The maximum atomic E-state index is 10.5. The van der Waals surface area contributed by atoms with Crippen LogP contribution in [0.5, 0.6) is 0 Å². The van der Waals surface area contributed by atoms with E-state index in [2.05, 4.69) is 20.8 Å². The highest BCUT2D eigenvalue weighted by Gasteiger charge is 2.57. The molecule has 2 heteroatoms. The predicted octanol–water partition coefficient (Wildman–Crippen LogP) is 2.97. The van der Waals surface area contributed by atoms with Crippen LogP contribution in [-0.4, -0.2) is 22.4 Å². The van der Waals surface area contributed by atoms with Crippen molar-refractivity contribution >= 4 is 0 Å². The topological polar surface area (TPSA) is 40.5 Å². The van der Waals surface area contributed by atoms with Gasteiger partial charge < -0.3 is 10.2 Å². The van der Waals surface area contributed by atoms with Gasteiger partial charge in [0.1, 0.15) is 0 Å². The molecule has 2 nitrogen and oxygen atoms in total. The monoisotopic (exact) mass is 240 g/mol. The molecular weight excluding hydrogens is 212 g/mol. The average molecular weight is 240 g/mol. The highest BCUT2D eigenvalue weighted by molar-refractivity contribution is 5.07. The second-order valence-electron chi connectivity index (χ2n) is 7.53. The number of hydrogen-bond donors (Lipinski definition) is 2. The average Bonchev–Trinajstić information content (AvgIpc) is 2.14. The van der Waals surface area contributed by atoms with Crippen LogP contribution in [0.3, 0.4) is 0 Å². The van der Waals surface area contributed by atoms with E-state index < -0.39 is 5.60 Å². The van der Waals surface area contributed by atoms with Gasteiger partial charge in [-0.2, -0.15) is 0 Å². The molecule has 2 N–H and O–H groups in total. The lowest BCUT2D eigenvalue weighted by atomic mass is 9.46. The Morgan fingerprint density at radius 3 is 2.29 bits per heavy atom. The SMILES string of the molecule is CC1(C)CCCC2(C)C1CCC(C)(O)C2CO.